The molecule has 0 aliphatic heterocycles. The minimum absolute atomic E-state index is 0.245. The first-order valence-corrected chi connectivity index (χ1v) is 6.53. The van der Waals surface area contributed by atoms with Gasteiger partial charge in [0, 0.05) is 10.6 Å². The molecule has 1 amide bonds. The summed E-state index contributed by atoms with van der Waals surface area (Å²) < 4.78 is 13.4. The zero-order valence-electron chi connectivity index (χ0n) is 9.97. The Hall–Kier alpha value is -1.92. The topological polar surface area (TPSA) is 68.0 Å². The number of aromatic nitrogens is 1. The number of nitrogens with zero attached hydrogens (tertiary/aromatic N) is 1. The summed E-state index contributed by atoms with van der Waals surface area (Å²) in [6.45, 7) is 0. The molecular weight excluding hydrogens is 265 g/mol. The quantitative estimate of drug-likeness (QED) is 0.389. The van der Waals surface area contributed by atoms with Crippen LogP contribution in [0.15, 0.2) is 47.4 Å². The van der Waals surface area contributed by atoms with Crippen LogP contribution in [0.3, 0.4) is 0 Å². The number of nitrogen functional groups attached to an aromatic ring is 1. The number of nitrogens with one attached hydrogen (secondary N) is 1. The van der Waals surface area contributed by atoms with E-state index in [4.69, 9.17) is 5.84 Å². The third-order valence-electron chi connectivity index (χ3n) is 2.38. The van der Waals surface area contributed by atoms with Crippen molar-refractivity contribution in [1.82, 2.24) is 10.4 Å². The minimum Gasteiger partial charge on any atom is -0.289 e. The van der Waals surface area contributed by atoms with Gasteiger partial charge in [-0.25, -0.2) is 15.2 Å². The Balaban J connectivity index is 2.08. The molecule has 2 rings (SSSR count). The first kappa shape index (κ1) is 13.5. The molecule has 0 saturated heterocycles. The van der Waals surface area contributed by atoms with Gasteiger partial charge in [-0.3, -0.25) is 10.2 Å². The number of hydrogen-bond acceptors (Lipinski definition) is 4. The van der Waals surface area contributed by atoms with Crippen LogP contribution in [0.4, 0.5) is 4.39 Å². The van der Waals surface area contributed by atoms with E-state index in [0.717, 1.165) is 0 Å². The van der Waals surface area contributed by atoms with Crippen molar-refractivity contribution in [3.05, 3.63) is 59.7 Å². The summed E-state index contributed by atoms with van der Waals surface area (Å²) >= 11 is 1.33. The van der Waals surface area contributed by atoms with Crippen LogP contribution in [0.1, 0.15) is 16.2 Å². The highest BCUT2D eigenvalue weighted by molar-refractivity contribution is 7.98. The number of hydrogen-bond donors (Lipinski definition) is 2. The highest BCUT2D eigenvalue weighted by Crippen LogP contribution is 2.24. The number of benzene rings is 1. The molecule has 0 saturated carbocycles. The number of hydrazine groups is 1. The second-order valence-electron chi connectivity index (χ2n) is 3.71. The fourth-order valence-corrected chi connectivity index (χ4v) is 2.32. The van der Waals surface area contributed by atoms with Crippen molar-refractivity contribution >= 4 is 17.7 Å². The van der Waals surface area contributed by atoms with Crippen LogP contribution < -0.4 is 11.3 Å². The molecule has 1 aromatic carbocycles. The number of rotatable bonds is 4. The molecule has 98 valence electrons. The normalized spacial score (nSPS) is 10.2. The highest BCUT2D eigenvalue weighted by Gasteiger charge is 2.07. The molecule has 6 heteroatoms. The van der Waals surface area contributed by atoms with Gasteiger partial charge < -0.3 is 0 Å². The molecule has 4 nitrogen and oxygen atoms in total. The lowest BCUT2D eigenvalue weighted by molar-refractivity contribution is 0.0948. The van der Waals surface area contributed by atoms with E-state index in [2.05, 4.69) is 4.98 Å². The molecule has 0 aliphatic carbocycles. The van der Waals surface area contributed by atoms with Crippen LogP contribution in [-0.4, -0.2) is 10.9 Å². The highest BCUT2D eigenvalue weighted by atomic mass is 32.2. The number of thioether (sulfide) groups is 1. The zero-order valence-corrected chi connectivity index (χ0v) is 10.8. The number of halogens is 1. The summed E-state index contributed by atoms with van der Waals surface area (Å²) in [5, 5.41) is 0. The van der Waals surface area contributed by atoms with Gasteiger partial charge in [-0.05, 0) is 24.3 Å². The maximum absolute atomic E-state index is 13.4. The summed E-state index contributed by atoms with van der Waals surface area (Å²) in [7, 11) is 0. The van der Waals surface area contributed by atoms with Gasteiger partial charge in [0.25, 0.3) is 5.91 Å². The second kappa shape index (κ2) is 6.31. The molecule has 2 aromatic rings. The Bertz CT molecular complexity index is 592. The summed E-state index contributed by atoms with van der Waals surface area (Å²) in [6, 6.07) is 11.6. The lowest BCUT2D eigenvalue weighted by atomic mass is 10.3. The van der Waals surface area contributed by atoms with Gasteiger partial charge in [-0.2, -0.15) is 0 Å². The van der Waals surface area contributed by atoms with Crippen molar-refractivity contribution in [1.29, 1.82) is 0 Å². The molecule has 0 aliphatic rings. The molecule has 1 aromatic heterocycles. The van der Waals surface area contributed by atoms with Crippen molar-refractivity contribution in [3.8, 4) is 0 Å². The molecule has 0 atom stereocenters. The molecule has 19 heavy (non-hydrogen) atoms. The number of amides is 1. The van der Waals surface area contributed by atoms with Gasteiger partial charge in [0.1, 0.15) is 11.5 Å². The van der Waals surface area contributed by atoms with Crippen LogP contribution in [0, 0.1) is 5.82 Å². The van der Waals surface area contributed by atoms with E-state index >= 15 is 0 Å². The lowest BCUT2D eigenvalue weighted by Gasteiger charge is -2.04. The summed E-state index contributed by atoms with van der Waals surface area (Å²) in [4.78, 5) is 16.0. The van der Waals surface area contributed by atoms with Gasteiger partial charge in [-0.15, -0.1) is 11.8 Å². The second-order valence-corrected chi connectivity index (χ2v) is 4.72. The fraction of sp³-hybridized carbons (Fsp3) is 0.0769. The smallest absolute Gasteiger partial charge is 0.283 e. The SMILES string of the molecule is NNC(=O)c1cccc(CSc2ccccc2F)n1. The van der Waals surface area contributed by atoms with Crippen molar-refractivity contribution in [2.24, 2.45) is 5.84 Å². The van der Waals surface area contributed by atoms with Gasteiger partial charge in [0.05, 0.1) is 5.69 Å². The average molecular weight is 277 g/mol. The van der Waals surface area contributed by atoms with Crippen molar-refractivity contribution in [2.45, 2.75) is 10.6 Å². The molecule has 0 bridgehead atoms. The van der Waals surface area contributed by atoms with E-state index in [-0.39, 0.29) is 11.5 Å². The van der Waals surface area contributed by atoms with E-state index in [0.29, 0.717) is 16.3 Å². The average Bonchev–Trinajstić information content (AvgIpc) is 2.46. The van der Waals surface area contributed by atoms with Crippen LogP contribution in [0.25, 0.3) is 0 Å². The van der Waals surface area contributed by atoms with E-state index < -0.39 is 5.91 Å². The van der Waals surface area contributed by atoms with E-state index in [1.807, 2.05) is 5.43 Å². The van der Waals surface area contributed by atoms with E-state index in [9.17, 15) is 9.18 Å². The number of pyridine rings is 1. The van der Waals surface area contributed by atoms with Crippen molar-refractivity contribution < 1.29 is 9.18 Å². The first-order chi connectivity index (χ1) is 9.20. The molecule has 0 fully saturated rings. The van der Waals surface area contributed by atoms with Gasteiger partial charge in [0.15, 0.2) is 0 Å². The Labute approximate surface area is 114 Å². The standard InChI is InChI=1S/C13H12FN3OS/c14-10-5-1-2-7-12(10)19-8-9-4-3-6-11(16-9)13(18)17-15/h1-7H,8,15H2,(H,17,18). The Morgan fingerprint density at radius 1 is 1.26 bits per heavy atom. The maximum atomic E-state index is 13.4. The van der Waals surface area contributed by atoms with Gasteiger partial charge >= 0.3 is 0 Å². The molecule has 1 heterocycles. The summed E-state index contributed by atoms with van der Waals surface area (Å²) in [6.07, 6.45) is 0. The fourth-order valence-electron chi connectivity index (χ4n) is 1.47. The van der Waals surface area contributed by atoms with Crippen molar-refractivity contribution in [3.63, 3.8) is 0 Å². The summed E-state index contributed by atoms with van der Waals surface area (Å²) in [5.74, 6) is 4.82. The predicted molar refractivity (Wildman–Crippen MR) is 71.9 cm³/mol. The van der Waals surface area contributed by atoms with E-state index in [1.165, 1.54) is 17.8 Å². The Kier molecular flexibility index (Phi) is 4.48. The molecule has 0 radical (unpaired) electrons. The summed E-state index contributed by atoms with van der Waals surface area (Å²) in [5.41, 5.74) is 2.96. The number of nitrogens with two attached hydrogens (primary N) is 1. The largest absolute Gasteiger partial charge is 0.289 e. The molecule has 0 spiro atoms. The maximum Gasteiger partial charge on any atom is 0.283 e. The monoisotopic (exact) mass is 277 g/mol. The van der Waals surface area contributed by atoms with Crippen LogP contribution in [0.5, 0.6) is 0 Å². The first-order valence-electron chi connectivity index (χ1n) is 5.55. The van der Waals surface area contributed by atoms with Gasteiger partial charge in [0.2, 0.25) is 0 Å². The van der Waals surface area contributed by atoms with Crippen molar-refractivity contribution in [2.75, 3.05) is 0 Å². The van der Waals surface area contributed by atoms with Gasteiger partial charge in [-0.1, -0.05) is 18.2 Å². The minimum atomic E-state index is -0.447. The van der Waals surface area contributed by atoms with Crippen LogP contribution in [-0.2, 0) is 5.75 Å². The van der Waals surface area contributed by atoms with E-state index in [1.54, 1.807) is 36.4 Å². The predicted octanol–water partition coefficient (Wildman–Crippen LogP) is 2.12. The Morgan fingerprint density at radius 3 is 2.79 bits per heavy atom. The number of carbonyl (C=O) groups excluding carboxylic acids is 1. The lowest BCUT2D eigenvalue weighted by Crippen LogP contribution is -2.30. The molecule has 3 N–H and O–H groups in total. The third kappa shape index (κ3) is 3.52. The van der Waals surface area contributed by atoms with Crippen LogP contribution in [0.2, 0.25) is 0 Å². The molecular formula is C13H12FN3OS. The zero-order chi connectivity index (χ0) is 13.7. The molecule has 0 unspecified atom stereocenters. The number of carbonyl (C=O) groups is 1. The Morgan fingerprint density at radius 2 is 2.05 bits per heavy atom. The third-order valence-corrected chi connectivity index (χ3v) is 3.46. The van der Waals surface area contributed by atoms with Crippen LogP contribution >= 0.6 is 11.8 Å².